The second-order valence-electron chi connectivity index (χ2n) is 3.29. The summed E-state index contributed by atoms with van der Waals surface area (Å²) in [5.41, 5.74) is 3.03. The van der Waals surface area contributed by atoms with Crippen molar-refractivity contribution in [1.29, 1.82) is 0 Å². The Morgan fingerprint density at radius 3 is 2.60 bits per heavy atom. The molecule has 2 amide bonds. The van der Waals surface area contributed by atoms with Crippen molar-refractivity contribution in [3.05, 3.63) is 30.3 Å². The molecule has 0 aliphatic carbocycles. The molecule has 1 rings (SSSR count). The van der Waals surface area contributed by atoms with Gasteiger partial charge in [0.15, 0.2) is 0 Å². The molecule has 0 saturated carbocycles. The third-order valence-electron chi connectivity index (χ3n) is 2.17. The highest BCUT2D eigenvalue weighted by atomic mass is 16.2. The standard InChI is InChI=1S/C11H17N3O/c1-2-3-9-14(11(15)13-12)10-7-5-4-6-8-10/h4-8H,2-3,9,12H2,1H3,(H,13,15). The fourth-order valence-electron chi connectivity index (χ4n) is 1.35. The number of benzene rings is 1. The van der Waals surface area contributed by atoms with Crippen LogP contribution in [0, 0.1) is 0 Å². The Bertz CT molecular complexity index is 300. The van der Waals surface area contributed by atoms with Crippen LogP contribution in [0.3, 0.4) is 0 Å². The summed E-state index contributed by atoms with van der Waals surface area (Å²) in [6, 6.07) is 9.24. The van der Waals surface area contributed by atoms with Crippen molar-refractivity contribution in [2.24, 2.45) is 5.84 Å². The van der Waals surface area contributed by atoms with E-state index in [0.717, 1.165) is 18.5 Å². The molecule has 1 aromatic rings. The summed E-state index contributed by atoms with van der Waals surface area (Å²) < 4.78 is 0. The average Bonchev–Trinajstić information content (AvgIpc) is 2.30. The third kappa shape index (κ3) is 3.25. The number of hydrogen-bond acceptors (Lipinski definition) is 2. The van der Waals surface area contributed by atoms with Gasteiger partial charge in [-0.15, -0.1) is 0 Å². The van der Waals surface area contributed by atoms with Crippen LogP contribution in [0.5, 0.6) is 0 Å². The van der Waals surface area contributed by atoms with Crippen LogP contribution in [0.15, 0.2) is 30.3 Å². The van der Waals surface area contributed by atoms with Crippen LogP contribution in [0.1, 0.15) is 19.8 Å². The number of hydrazine groups is 1. The lowest BCUT2D eigenvalue weighted by molar-refractivity contribution is 0.246. The number of carbonyl (C=O) groups is 1. The lowest BCUT2D eigenvalue weighted by Gasteiger charge is -2.21. The number of nitrogens with zero attached hydrogens (tertiary/aromatic N) is 1. The van der Waals surface area contributed by atoms with Gasteiger partial charge in [-0.05, 0) is 18.6 Å². The number of rotatable bonds is 4. The fraction of sp³-hybridized carbons (Fsp3) is 0.364. The van der Waals surface area contributed by atoms with Crippen molar-refractivity contribution in [3.8, 4) is 0 Å². The van der Waals surface area contributed by atoms with Crippen molar-refractivity contribution in [1.82, 2.24) is 5.43 Å². The number of nitrogens with two attached hydrogens (primary N) is 1. The van der Waals surface area contributed by atoms with E-state index in [1.165, 1.54) is 0 Å². The SMILES string of the molecule is CCCCN(C(=O)NN)c1ccccc1. The monoisotopic (exact) mass is 207 g/mol. The van der Waals surface area contributed by atoms with Gasteiger partial charge in [-0.1, -0.05) is 31.5 Å². The number of carbonyl (C=O) groups excluding carboxylic acids is 1. The predicted molar refractivity (Wildman–Crippen MR) is 61.4 cm³/mol. The Kier molecular flexibility index (Phi) is 4.63. The molecule has 0 spiro atoms. The van der Waals surface area contributed by atoms with Gasteiger partial charge in [0.25, 0.3) is 0 Å². The third-order valence-corrected chi connectivity index (χ3v) is 2.17. The van der Waals surface area contributed by atoms with Crippen LogP contribution >= 0.6 is 0 Å². The molecule has 82 valence electrons. The van der Waals surface area contributed by atoms with E-state index in [0.29, 0.717) is 6.54 Å². The molecule has 0 bridgehead atoms. The molecule has 0 aromatic heterocycles. The summed E-state index contributed by atoms with van der Waals surface area (Å²) in [6.45, 7) is 2.77. The quantitative estimate of drug-likeness (QED) is 0.450. The molecule has 0 radical (unpaired) electrons. The van der Waals surface area contributed by atoms with Crippen molar-refractivity contribution < 1.29 is 4.79 Å². The molecule has 0 fully saturated rings. The first-order chi connectivity index (χ1) is 7.29. The highest BCUT2D eigenvalue weighted by Gasteiger charge is 2.12. The Hall–Kier alpha value is -1.55. The molecule has 0 unspecified atom stereocenters. The van der Waals surface area contributed by atoms with Crippen LogP contribution in [0.2, 0.25) is 0 Å². The smallest absolute Gasteiger partial charge is 0.293 e. The summed E-state index contributed by atoms with van der Waals surface area (Å²) in [5.74, 6) is 5.14. The lowest BCUT2D eigenvalue weighted by atomic mass is 10.2. The highest BCUT2D eigenvalue weighted by Crippen LogP contribution is 2.13. The zero-order chi connectivity index (χ0) is 11.1. The summed E-state index contributed by atoms with van der Waals surface area (Å²) in [5, 5.41) is 0. The van der Waals surface area contributed by atoms with Gasteiger partial charge in [0, 0.05) is 12.2 Å². The summed E-state index contributed by atoms with van der Waals surface area (Å²) in [7, 11) is 0. The van der Waals surface area contributed by atoms with Crippen molar-refractivity contribution in [2.75, 3.05) is 11.4 Å². The molecule has 0 aliphatic heterocycles. The second-order valence-corrected chi connectivity index (χ2v) is 3.29. The van der Waals surface area contributed by atoms with E-state index in [4.69, 9.17) is 5.84 Å². The molecule has 15 heavy (non-hydrogen) atoms. The minimum Gasteiger partial charge on any atom is -0.293 e. The second kappa shape index (κ2) is 6.03. The maximum Gasteiger partial charge on any atom is 0.335 e. The molecule has 3 N–H and O–H groups in total. The maximum atomic E-state index is 11.5. The van der Waals surface area contributed by atoms with Crippen LogP contribution in [-0.4, -0.2) is 12.6 Å². The average molecular weight is 207 g/mol. The number of nitrogens with one attached hydrogen (secondary N) is 1. The van der Waals surface area contributed by atoms with E-state index in [9.17, 15) is 4.79 Å². The highest BCUT2D eigenvalue weighted by molar-refractivity contribution is 5.91. The summed E-state index contributed by atoms with van der Waals surface area (Å²) in [6.07, 6.45) is 2.00. The van der Waals surface area contributed by atoms with E-state index in [2.05, 4.69) is 12.3 Å². The van der Waals surface area contributed by atoms with Gasteiger partial charge in [0.05, 0.1) is 0 Å². The zero-order valence-electron chi connectivity index (χ0n) is 8.94. The molecule has 0 aliphatic rings. The maximum absolute atomic E-state index is 11.5. The molecule has 0 heterocycles. The van der Waals surface area contributed by atoms with E-state index in [1.807, 2.05) is 30.3 Å². The molecule has 4 nitrogen and oxygen atoms in total. The summed E-state index contributed by atoms with van der Waals surface area (Å²) >= 11 is 0. The zero-order valence-corrected chi connectivity index (χ0v) is 8.94. The van der Waals surface area contributed by atoms with Crippen LogP contribution in [0.4, 0.5) is 10.5 Å². The minimum absolute atomic E-state index is 0.269. The van der Waals surface area contributed by atoms with E-state index in [-0.39, 0.29) is 6.03 Å². The number of amides is 2. The molecule has 0 saturated heterocycles. The molecule has 4 heteroatoms. The first-order valence-electron chi connectivity index (χ1n) is 5.12. The Morgan fingerprint density at radius 2 is 2.07 bits per heavy atom. The first kappa shape index (κ1) is 11.5. The van der Waals surface area contributed by atoms with Gasteiger partial charge in [0.2, 0.25) is 0 Å². The number of urea groups is 1. The number of para-hydroxylation sites is 1. The molecular formula is C11H17N3O. The van der Waals surface area contributed by atoms with Gasteiger partial charge in [-0.3, -0.25) is 10.3 Å². The number of anilines is 1. The number of unbranched alkanes of at least 4 members (excludes halogenated alkanes) is 1. The summed E-state index contributed by atoms with van der Waals surface area (Å²) in [4.78, 5) is 13.2. The van der Waals surface area contributed by atoms with Gasteiger partial charge in [0.1, 0.15) is 0 Å². The topological polar surface area (TPSA) is 58.4 Å². The van der Waals surface area contributed by atoms with E-state index in [1.54, 1.807) is 4.90 Å². The largest absolute Gasteiger partial charge is 0.335 e. The molecular weight excluding hydrogens is 190 g/mol. The van der Waals surface area contributed by atoms with Gasteiger partial charge in [-0.2, -0.15) is 0 Å². The van der Waals surface area contributed by atoms with Crippen LogP contribution < -0.4 is 16.2 Å². The fourth-order valence-corrected chi connectivity index (χ4v) is 1.35. The Labute approximate surface area is 90.0 Å². The van der Waals surface area contributed by atoms with Crippen molar-refractivity contribution >= 4 is 11.7 Å². The van der Waals surface area contributed by atoms with Gasteiger partial charge in [-0.25, -0.2) is 10.6 Å². The van der Waals surface area contributed by atoms with E-state index >= 15 is 0 Å². The molecule has 1 aromatic carbocycles. The minimum atomic E-state index is -0.269. The van der Waals surface area contributed by atoms with Gasteiger partial charge >= 0.3 is 6.03 Å². The normalized spacial score (nSPS) is 9.73. The Morgan fingerprint density at radius 1 is 1.40 bits per heavy atom. The predicted octanol–water partition coefficient (Wildman–Crippen LogP) is 1.88. The van der Waals surface area contributed by atoms with Crippen molar-refractivity contribution in [3.63, 3.8) is 0 Å². The lowest BCUT2D eigenvalue weighted by Crippen LogP contribution is -2.44. The van der Waals surface area contributed by atoms with Crippen LogP contribution in [-0.2, 0) is 0 Å². The van der Waals surface area contributed by atoms with Crippen LogP contribution in [0.25, 0.3) is 0 Å². The van der Waals surface area contributed by atoms with E-state index < -0.39 is 0 Å². The first-order valence-corrected chi connectivity index (χ1v) is 5.12. The van der Waals surface area contributed by atoms with Gasteiger partial charge < -0.3 is 0 Å². The Balaban J connectivity index is 2.76. The number of hydrogen-bond donors (Lipinski definition) is 2. The molecule has 0 atom stereocenters. The van der Waals surface area contributed by atoms with Crippen molar-refractivity contribution in [2.45, 2.75) is 19.8 Å².